The van der Waals surface area contributed by atoms with Gasteiger partial charge >= 0.3 is 0 Å². The zero-order chi connectivity index (χ0) is 26.2. The number of aryl methyl sites for hydroxylation is 1. The second kappa shape index (κ2) is 10.4. The largest absolute Gasteiger partial charge is 0.378 e. The van der Waals surface area contributed by atoms with Crippen LogP contribution in [-0.4, -0.2) is 49.7 Å². The molecule has 1 fully saturated rings. The van der Waals surface area contributed by atoms with Crippen LogP contribution < -0.4 is 4.90 Å². The van der Waals surface area contributed by atoms with Crippen LogP contribution in [0.5, 0.6) is 0 Å². The summed E-state index contributed by atoms with van der Waals surface area (Å²) in [6.45, 7) is 4.30. The lowest BCUT2D eigenvalue weighted by atomic mass is 10.1. The Labute approximate surface area is 221 Å². The Balaban J connectivity index is 1.60. The molecule has 0 atom stereocenters. The SMILES string of the molecule is Cc1nccc(-c2sc(N3CCOCC3)nc2-c2cccc(CS(=O)(=O)c3c(F)cccc3F)c2Cl)n1. The molecule has 1 saturated heterocycles. The summed E-state index contributed by atoms with van der Waals surface area (Å²) >= 11 is 8.19. The van der Waals surface area contributed by atoms with E-state index in [0.717, 1.165) is 28.2 Å². The van der Waals surface area contributed by atoms with Gasteiger partial charge in [-0.25, -0.2) is 32.2 Å². The first-order chi connectivity index (χ1) is 17.7. The predicted octanol–water partition coefficient (Wildman–Crippen LogP) is 5.32. The number of anilines is 1. The van der Waals surface area contributed by atoms with Crippen LogP contribution >= 0.6 is 22.9 Å². The highest BCUT2D eigenvalue weighted by Crippen LogP contribution is 2.43. The van der Waals surface area contributed by atoms with Crippen LogP contribution in [0.25, 0.3) is 21.8 Å². The van der Waals surface area contributed by atoms with Crippen molar-refractivity contribution in [3.8, 4) is 21.8 Å². The Morgan fingerprint density at radius 1 is 1.05 bits per heavy atom. The molecule has 12 heteroatoms. The van der Waals surface area contributed by atoms with Gasteiger partial charge in [0.2, 0.25) is 0 Å². The van der Waals surface area contributed by atoms with Crippen molar-refractivity contribution < 1.29 is 21.9 Å². The second-order valence-electron chi connectivity index (χ2n) is 8.35. The number of rotatable bonds is 6. The van der Waals surface area contributed by atoms with Crippen molar-refractivity contribution in [2.75, 3.05) is 31.2 Å². The van der Waals surface area contributed by atoms with Crippen LogP contribution in [0.1, 0.15) is 11.4 Å². The van der Waals surface area contributed by atoms with Crippen molar-refractivity contribution in [2.45, 2.75) is 17.6 Å². The lowest BCUT2D eigenvalue weighted by Crippen LogP contribution is -2.36. The number of sulfone groups is 1. The van der Waals surface area contributed by atoms with Gasteiger partial charge in [0.05, 0.1) is 40.3 Å². The number of nitrogens with zero attached hydrogens (tertiary/aromatic N) is 4. The van der Waals surface area contributed by atoms with E-state index in [1.807, 2.05) is 0 Å². The van der Waals surface area contributed by atoms with Crippen LogP contribution in [0.2, 0.25) is 5.02 Å². The molecule has 3 heterocycles. The van der Waals surface area contributed by atoms with Crippen molar-refractivity contribution in [1.82, 2.24) is 15.0 Å². The number of aromatic nitrogens is 3. The Morgan fingerprint density at radius 3 is 2.46 bits per heavy atom. The molecule has 0 spiro atoms. The Hall–Kier alpha value is -2.99. The molecular formula is C25H21ClF2N4O3S2. The van der Waals surface area contributed by atoms with Gasteiger partial charge in [-0.05, 0) is 30.7 Å². The first-order valence-electron chi connectivity index (χ1n) is 11.3. The highest BCUT2D eigenvalue weighted by molar-refractivity contribution is 7.90. The van der Waals surface area contributed by atoms with E-state index < -0.39 is 32.1 Å². The van der Waals surface area contributed by atoms with Gasteiger partial charge in [-0.3, -0.25) is 0 Å². The summed E-state index contributed by atoms with van der Waals surface area (Å²) in [6, 6.07) is 9.60. The number of morpholine rings is 1. The number of hydrogen-bond donors (Lipinski definition) is 0. The van der Waals surface area contributed by atoms with Crippen LogP contribution in [-0.2, 0) is 20.3 Å². The van der Waals surface area contributed by atoms with Crippen LogP contribution in [0.4, 0.5) is 13.9 Å². The van der Waals surface area contributed by atoms with Gasteiger partial charge in [-0.1, -0.05) is 47.2 Å². The van der Waals surface area contributed by atoms with Crippen molar-refractivity contribution in [1.29, 1.82) is 0 Å². The van der Waals surface area contributed by atoms with E-state index in [0.29, 0.717) is 49.1 Å². The van der Waals surface area contributed by atoms with E-state index in [9.17, 15) is 17.2 Å². The molecule has 0 unspecified atom stereocenters. The van der Waals surface area contributed by atoms with Gasteiger partial charge in [0.15, 0.2) is 15.0 Å². The molecule has 2 aromatic carbocycles. The molecule has 2 aromatic heterocycles. The summed E-state index contributed by atoms with van der Waals surface area (Å²) in [5.41, 5.74) is 1.88. The fourth-order valence-corrected chi connectivity index (χ4v) is 7.06. The zero-order valence-electron chi connectivity index (χ0n) is 19.6. The van der Waals surface area contributed by atoms with Gasteiger partial charge in [0, 0.05) is 24.8 Å². The number of benzene rings is 2. The quantitative estimate of drug-likeness (QED) is 0.314. The van der Waals surface area contributed by atoms with Gasteiger partial charge in [0.1, 0.15) is 22.4 Å². The second-order valence-corrected chi connectivity index (χ2v) is 11.6. The summed E-state index contributed by atoms with van der Waals surface area (Å²) in [5.74, 6) is -2.39. The monoisotopic (exact) mass is 562 g/mol. The van der Waals surface area contributed by atoms with Gasteiger partial charge in [-0.2, -0.15) is 0 Å². The van der Waals surface area contributed by atoms with E-state index in [1.165, 1.54) is 17.4 Å². The topological polar surface area (TPSA) is 85.3 Å². The lowest BCUT2D eigenvalue weighted by molar-refractivity contribution is 0.122. The van der Waals surface area contributed by atoms with E-state index in [2.05, 4.69) is 14.9 Å². The molecule has 0 N–H and O–H groups in total. The Morgan fingerprint density at radius 2 is 1.76 bits per heavy atom. The summed E-state index contributed by atoms with van der Waals surface area (Å²) in [6.07, 6.45) is 1.66. The van der Waals surface area contributed by atoms with Crippen molar-refractivity contribution in [2.24, 2.45) is 0 Å². The third-order valence-electron chi connectivity index (χ3n) is 5.82. The molecule has 37 heavy (non-hydrogen) atoms. The molecule has 5 rings (SSSR count). The van der Waals surface area contributed by atoms with Gasteiger partial charge < -0.3 is 9.64 Å². The van der Waals surface area contributed by atoms with Crippen molar-refractivity contribution in [3.63, 3.8) is 0 Å². The zero-order valence-corrected chi connectivity index (χ0v) is 22.0. The number of hydrogen-bond acceptors (Lipinski definition) is 8. The standard InChI is InChI=1S/C25H21ClF2N4O3S2/c1-15-29-9-8-20(30-15)23-22(31-25(36-23)32-10-12-35-13-11-32)17-5-2-4-16(21(17)26)14-37(33,34)24-18(27)6-3-7-19(24)28/h2-9H,10-14H2,1H3. The van der Waals surface area contributed by atoms with Crippen LogP contribution in [0.3, 0.4) is 0 Å². The minimum atomic E-state index is -4.37. The molecule has 0 bridgehead atoms. The maximum Gasteiger partial charge on any atom is 0.188 e. The van der Waals surface area contributed by atoms with E-state index in [1.54, 1.807) is 31.3 Å². The van der Waals surface area contributed by atoms with Crippen LogP contribution in [0.15, 0.2) is 53.6 Å². The molecule has 1 aliphatic heterocycles. The summed E-state index contributed by atoms with van der Waals surface area (Å²) < 4.78 is 60.0. The van der Waals surface area contributed by atoms with Crippen molar-refractivity contribution >= 4 is 37.9 Å². The lowest BCUT2D eigenvalue weighted by Gasteiger charge is -2.26. The minimum absolute atomic E-state index is 0.133. The molecule has 192 valence electrons. The number of ether oxygens (including phenoxy) is 1. The predicted molar refractivity (Wildman–Crippen MR) is 139 cm³/mol. The van der Waals surface area contributed by atoms with Crippen LogP contribution in [0, 0.1) is 18.6 Å². The maximum absolute atomic E-state index is 14.3. The number of thiazole rings is 1. The molecule has 0 amide bonds. The summed E-state index contributed by atoms with van der Waals surface area (Å²) in [7, 11) is -4.37. The van der Waals surface area contributed by atoms with Gasteiger partial charge in [0.25, 0.3) is 0 Å². The fourth-order valence-electron chi connectivity index (χ4n) is 4.07. The first kappa shape index (κ1) is 25.7. The highest BCUT2D eigenvalue weighted by Gasteiger charge is 2.27. The van der Waals surface area contributed by atoms with E-state index in [4.69, 9.17) is 21.3 Å². The fraction of sp³-hybridized carbons (Fsp3) is 0.240. The molecule has 1 aliphatic rings. The van der Waals surface area contributed by atoms with E-state index in [-0.39, 0.29) is 10.6 Å². The first-order valence-corrected chi connectivity index (χ1v) is 14.2. The minimum Gasteiger partial charge on any atom is -0.378 e. The molecule has 0 saturated carbocycles. The van der Waals surface area contributed by atoms with E-state index >= 15 is 0 Å². The maximum atomic E-state index is 14.3. The molecule has 0 radical (unpaired) electrons. The molecule has 7 nitrogen and oxygen atoms in total. The summed E-state index contributed by atoms with van der Waals surface area (Å²) in [5, 5.41) is 0.890. The Bertz CT molecular complexity index is 1550. The third kappa shape index (κ3) is 5.22. The molecule has 4 aromatic rings. The molecular weight excluding hydrogens is 542 g/mol. The number of halogens is 3. The Kier molecular flexibility index (Phi) is 7.21. The third-order valence-corrected chi connectivity index (χ3v) is 9.10. The van der Waals surface area contributed by atoms with Crippen molar-refractivity contribution in [3.05, 3.63) is 76.7 Å². The highest BCUT2D eigenvalue weighted by atomic mass is 35.5. The average molecular weight is 563 g/mol. The normalized spacial score (nSPS) is 14.2. The van der Waals surface area contributed by atoms with Gasteiger partial charge in [-0.15, -0.1) is 0 Å². The molecule has 0 aliphatic carbocycles. The summed E-state index contributed by atoms with van der Waals surface area (Å²) in [4.78, 5) is 15.5. The smallest absolute Gasteiger partial charge is 0.188 e. The average Bonchev–Trinajstić information content (AvgIpc) is 3.31.